The van der Waals surface area contributed by atoms with E-state index in [1.54, 1.807) is 17.0 Å². The van der Waals surface area contributed by atoms with Gasteiger partial charge in [0.15, 0.2) is 0 Å². The Labute approximate surface area is 129 Å². The zero-order valence-electron chi connectivity index (χ0n) is 12.5. The van der Waals surface area contributed by atoms with Crippen LogP contribution in [0.1, 0.15) is 18.9 Å². The maximum atomic E-state index is 11.7. The van der Waals surface area contributed by atoms with Gasteiger partial charge in [-0.1, -0.05) is 6.08 Å². The summed E-state index contributed by atoms with van der Waals surface area (Å²) in [6, 6.07) is 5.30. The molecule has 0 spiro atoms. The number of anilines is 2. The lowest BCUT2D eigenvalue weighted by Crippen LogP contribution is -2.35. The Hall–Kier alpha value is -2.63. The van der Waals surface area contributed by atoms with Crippen molar-refractivity contribution in [1.29, 1.82) is 0 Å². The molecule has 1 aromatic carbocycles. The fourth-order valence-corrected chi connectivity index (χ4v) is 2.43. The molecule has 0 fully saturated rings. The molecule has 1 aliphatic heterocycles. The summed E-state index contributed by atoms with van der Waals surface area (Å²) in [7, 11) is 0. The third kappa shape index (κ3) is 3.52. The fourth-order valence-electron chi connectivity index (χ4n) is 2.43. The predicted octanol–water partition coefficient (Wildman–Crippen LogP) is 1.23. The van der Waals surface area contributed by atoms with Gasteiger partial charge in [0.25, 0.3) is 0 Å². The van der Waals surface area contributed by atoms with Crippen LogP contribution in [0.3, 0.4) is 0 Å². The van der Waals surface area contributed by atoms with Gasteiger partial charge in [0, 0.05) is 31.4 Å². The molecule has 6 nitrogen and oxygen atoms in total. The summed E-state index contributed by atoms with van der Waals surface area (Å²) in [4.78, 5) is 36.6. The molecule has 0 aliphatic carbocycles. The minimum absolute atomic E-state index is 0.00142. The number of amides is 3. The van der Waals surface area contributed by atoms with E-state index in [4.69, 9.17) is 0 Å². The maximum absolute atomic E-state index is 11.7. The molecule has 3 amide bonds. The Morgan fingerprint density at radius 2 is 2.09 bits per heavy atom. The summed E-state index contributed by atoms with van der Waals surface area (Å²) in [6.45, 7) is 5.95. The van der Waals surface area contributed by atoms with Gasteiger partial charge in [-0.2, -0.15) is 0 Å². The Morgan fingerprint density at radius 1 is 1.32 bits per heavy atom. The van der Waals surface area contributed by atoms with Crippen molar-refractivity contribution in [2.75, 3.05) is 23.3 Å². The van der Waals surface area contributed by atoms with Crippen LogP contribution in [0.25, 0.3) is 0 Å². The number of benzene rings is 1. The highest BCUT2D eigenvalue weighted by atomic mass is 16.2. The topological polar surface area (TPSA) is 78.5 Å². The Morgan fingerprint density at radius 3 is 2.77 bits per heavy atom. The number of carbonyl (C=O) groups is 3. The van der Waals surface area contributed by atoms with Gasteiger partial charge >= 0.3 is 11.8 Å². The van der Waals surface area contributed by atoms with Gasteiger partial charge in [0.2, 0.25) is 5.91 Å². The molecular weight excluding hydrogens is 282 g/mol. The van der Waals surface area contributed by atoms with Gasteiger partial charge in [-0.25, -0.2) is 0 Å². The van der Waals surface area contributed by atoms with Crippen LogP contribution in [0.2, 0.25) is 0 Å². The van der Waals surface area contributed by atoms with Crippen LogP contribution in [0.5, 0.6) is 0 Å². The summed E-state index contributed by atoms with van der Waals surface area (Å²) in [5.74, 6) is -1.43. The van der Waals surface area contributed by atoms with Gasteiger partial charge in [-0.15, -0.1) is 6.58 Å². The average Bonchev–Trinajstić information content (AvgIpc) is 2.51. The molecule has 116 valence electrons. The average molecular weight is 301 g/mol. The number of fused-ring (bicyclic) bond motifs is 1. The number of rotatable bonds is 3. The highest BCUT2D eigenvalue weighted by molar-refractivity contribution is 6.39. The van der Waals surface area contributed by atoms with Crippen LogP contribution in [-0.4, -0.2) is 30.8 Å². The largest absolute Gasteiger partial charge is 0.344 e. The minimum Gasteiger partial charge on any atom is -0.344 e. The van der Waals surface area contributed by atoms with Crippen LogP contribution in [-0.2, 0) is 20.8 Å². The van der Waals surface area contributed by atoms with E-state index in [0.717, 1.165) is 24.1 Å². The van der Waals surface area contributed by atoms with E-state index in [0.29, 0.717) is 12.2 Å². The number of carbonyl (C=O) groups excluding carboxylic acids is 3. The molecule has 0 unspecified atom stereocenters. The standard InChI is InChI=1S/C16H19N3O3/c1-3-8-17-15(21)16(22)18-13-6-7-14-12(10-13)5-4-9-19(14)11(2)20/h3,6-7,10H,1,4-5,8-9H2,2H3,(H,17,21)(H,18,22). The molecule has 0 radical (unpaired) electrons. The summed E-state index contributed by atoms with van der Waals surface area (Å²) >= 11 is 0. The monoisotopic (exact) mass is 301 g/mol. The first-order valence-corrected chi connectivity index (χ1v) is 7.14. The first kappa shape index (κ1) is 15.8. The van der Waals surface area contributed by atoms with Crippen molar-refractivity contribution >= 4 is 29.1 Å². The summed E-state index contributed by atoms with van der Waals surface area (Å²) in [5.41, 5.74) is 2.40. The van der Waals surface area contributed by atoms with E-state index in [9.17, 15) is 14.4 Å². The molecule has 22 heavy (non-hydrogen) atoms. The third-order valence-electron chi connectivity index (χ3n) is 3.45. The third-order valence-corrected chi connectivity index (χ3v) is 3.45. The second-order valence-electron chi connectivity index (χ2n) is 5.07. The molecule has 0 aromatic heterocycles. The first-order valence-electron chi connectivity index (χ1n) is 7.14. The van der Waals surface area contributed by atoms with Crippen LogP contribution < -0.4 is 15.5 Å². The molecule has 0 bridgehead atoms. The molecule has 2 N–H and O–H groups in total. The van der Waals surface area contributed by atoms with Gasteiger partial charge in [0.1, 0.15) is 0 Å². The number of hydrogen-bond acceptors (Lipinski definition) is 3. The van der Waals surface area contributed by atoms with E-state index in [2.05, 4.69) is 17.2 Å². The summed E-state index contributed by atoms with van der Waals surface area (Å²) in [5, 5.41) is 4.97. The quantitative estimate of drug-likeness (QED) is 0.651. The summed E-state index contributed by atoms with van der Waals surface area (Å²) in [6.07, 6.45) is 3.22. The number of aryl methyl sites for hydroxylation is 1. The molecule has 1 heterocycles. The predicted molar refractivity (Wildman–Crippen MR) is 84.6 cm³/mol. The highest BCUT2D eigenvalue weighted by Gasteiger charge is 2.20. The second kappa shape index (κ2) is 6.89. The van der Waals surface area contributed by atoms with Crippen molar-refractivity contribution in [2.24, 2.45) is 0 Å². The van der Waals surface area contributed by atoms with E-state index >= 15 is 0 Å². The Kier molecular flexibility index (Phi) is 4.93. The lowest BCUT2D eigenvalue weighted by Gasteiger charge is -2.28. The van der Waals surface area contributed by atoms with Gasteiger partial charge in [-0.3, -0.25) is 14.4 Å². The first-order chi connectivity index (χ1) is 10.5. The zero-order valence-corrected chi connectivity index (χ0v) is 12.5. The normalized spacial score (nSPS) is 13.0. The van der Waals surface area contributed by atoms with Crippen LogP contribution in [0.4, 0.5) is 11.4 Å². The van der Waals surface area contributed by atoms with Crippen molar-refractivity contribution in [3.63, 3.8) is 0 Å². The number of hydrogen-bond donors (Lipinski definition) is 2. The molecule has 6 heteroatoms. The van der Waals surface area contributed by atoms with Gasteiger partial charge in [-0.05, 0) is 36.6 Å². The van der Waals surface area contributed by atoms with E-state index < -0.39 is 11.8 Å². The Bertz CT molecular complexity index is 625. The van der Waals surface area contributed by atoms with Crippen LogP contribution in [0, 0.1) is 0 Å². The smallest absolute Gasteiger partial charge is 0.313 e. The lowest BCUT2D eigenvalue weighted by molar-refractivity contribution is -0.136. The molecule has 1 aliphatic rings. The van der Waals surface area contributed by atoms with E-state index in [1.807, 2.05) is 6.07 Å². The minimum atomic E-state index is -0.721. The summed E-state index contributed by atoms with van der Waals surface area (Å²) < 4.78 is 0. The number of nitrogens with zero attached hydrogens (tertiary/aromatic N) is 1. The Balaban J connectivity index is 2.11. The second-order valence-corrected chi connectivity index (χ2v) is 5.07. The highest BCUT2D eigenvalue weighted by Crippen LogP contribution is 2.29. The van der Waals surface area contributed by atoms with Crippen LogP contribution >= 0.6 is 0 Å². The van der Waals surface area contributed by atoms with Gasteiger partial charge in [0.05, 0.1) is 0 Å². The molecular formula is C16H19N3O3. The van der Waals surface area contributed by atoms with E-state index in [1.165, 1.54) is 13.0 Å². The molecule has 0 saturated carbocycles. The molecule has 1 aromatic rings. The molecule has 0 saturated heterocycles. The van der Waals surface area contributed by atoms with E-state index in [-0.39, 0.29) is 12.5 Å². The zero-order chi connectivity index (χ0) is 16.1. The van der Waals surface area contributed by atoms with Crippen molar-refractivity contribution in [3.8, 4) is 0 Å². The van der Waals surface area contributed by atoms with Crippen molar-refractivity contribution in [2.45, 2.75) is 19.8 Å². The van der Waals surface area contributed by atoms with Crippen LogP contribution in [0.15, 0.2) is 30.9 Å². The fraction of sp³-hybridized carbons (Fsp3) is 0.312. The van der Waals surface area contributed by atoms with Crippen molar-refractivity contribution in [1.82, 2.24) is 5.32 Å². The van der Waals surface area contributed by atoms with Gasteiger partial charge < -0.3 is 15.5 Å². The molecule has 2 rings (SSSR count). The van der Waals surface area contributed by atoms with Crippen molar-refractivity contribution in [3.05, 3.63) is 36.4 Å². The SMILES string of the molecule is C=CCNC(=O)C(=O)Nc1ccc2c(c1)CCCN2C(C)=O. The number of nitrogens with one attached hydrogen (secondary N) is 2. The molecule has 0 atom stereocenters. The van der Waals surface area contributed by atoms with Crippen molar-refractivity contribution < 1.29 is 14.4 Å². The lowest BCUT2D eigenvalue weighted by atomic mass is 10.0. The maximum Gasteiger partial charge on any atom is 0.313 e.